The van der Waals surface area contributed by atoms with Crippen LogP contribution in [-0.2, 0) is 18.4 Å². The standard InChI is InChI=1S/C14H25N5O3/c1-17(7-8-20)9-12-15-16-14(18(12)2)11-3-5-19(6-4-11)13(22)10-21/h11,20-21H,3-10H2,1-2H3. The lowest BCUT2D eigenvalue weighted by Gasteiger charge is -2.31. The minimum absolute atomic E-state index is 0.124. The molecule has 0 aliphatic carbocycles. The van der Waals surface area contributed by atoms with Gasteiger partial charge in [0, 0.05) is 32.6 Å². The van der Waals surface area contributed by atoms with E-state index in [9.17, 15) is 4.79 Å². The number of likely N-dealkylation sites (tertiary alicyclic amines) is 1. The summed E-state index contributed by atoms with van der Waals surface area (Å²) in [5.74, 6) is 1.91. The van der Waals surface area contributed by atoms with Gasteiger partial charge in [-0.2, -0.15) is 0 Å². The number of amides is 1. The van der Waals surface area contributed by atoms with Crippen molar-refractivity contribution in [1.29, 1.82) is 0 Å². The fourth-order valence-electron chi connectivity index (χ4n) is 2.85. The summed E-state index contributed by atoms with van der Waals surface area (Å²) >= 11 is 0. The van der Waals surface area contributed by atoms with E-state index in [0.717, 1.165) is 24.5 Å². The number of carbonyl (C=O) groups is 1. The van der Waals surface area contributed by atoms with Crippen LogP contribution in [0.5, 0.6) is 0 Å². The maximum absolute atomic E-state index is 11.5. The topological polar surface area (TPSA) is 94.7 Å². The van der Waals surface area contributed by atoms with E-state index in [1.165, 1.54) is 0 Å². The summed E-state index contributed by atoms with van der Waals surface area (Å²) in [5, 5.41) is 26.4. The first-order valence-corrected chi connectivity index (χ1v) is 7.63. The van der Waals surface area contributed by atoms with Gasteiger partial charge in [0.05, 0.1) is 13.2 Å². The number of aromatic nitrogens is 3. The molecule has 0 saturated carbocycles. The van der Waals surface area contributed by atoms with Crippen LogP contribution in [0.1, 0.15) is 30.4 Å². The number of nitrogens with zero attached hydrogens (tertiary/aromatic N) is 5. The second-order valence-electron chi connectivity index (χ2n) is 5.81. The molecule has 0 aromatic carbocycles. The van der Waals surface area contributed by atoms with Gasteiger partial charge in [0.1, 0.15) is 18.3 Å². The van der Waals surface area contributed by atoms with Gasteiger partial charge in [0.2, 0.25) is 5.91 Å². The molecule has 1 aliphatic rings. The van der Waals surface area contributed by atoms with Gasteiger partial charge in [-0.05, 0) is 19.9 Å². The summed E-state index contributed by atoms with van der Waals surface area (Å²) in [5.41, 5.74) is 0. The lowest BCUT2D eigenvalue weighted by molar-refractivity contribution is -0.135. The van der Waals surface area contributed by atoms with Crippen LogP contribution >= 0.6 is 0 Å². The molecule has 124 valence electrons. The first kappa shape index (κ1) is 16.9. The van der Waals surface area contributed by atoms with Crippen LogP contribution in [0.3, 0.4) is 0 Å². The molecule has 0 spiro atoms. The molecule has 1 saturated heterocycles. The van der Waals surface area contributed by atoms with Crippen LogP contribution in [0.25, 0.3) is 0 Å². The molecule has 1 aromatic heterocycles. The lowest BCUT2D eigenvalue weighted by atomic mass is 9.96. The first-order valence-electron chi connectivity index (χ1n) is 7.63. The van der Waals surface area contributed by atoms with Crippen molar-refractivity contribution in [3.05, 3.63) is 11.6 Å². The second kappa shape index (κ2) is 7.66. The summed E-state index contributed by atoms with van der Waals surface area (Å²) < 4.78 is 2.02. The smallest absolute Gasteiger partial charge is 0.248 e. The van der Waals surface area contributed by atoms with E-state index in [1.54, 1.807) is 4.90 Å². The number of hydrogen-bond donors (Lipinski definition) is 2. The van der Waals surface area contributed by atoms with Gasteiger partial charge in [-0.25, -0.2) is 0 Å². The number of aliphatic hydroxyl groups is 2. The van der Waals surface area contributed by atoms with Crippen molar-refractivity contribution in [3.63, 3.8) is 0 Å². The predicted molar refractivity (Wildman–Crippen MR) is 80.1 cm³/mol. The Hall–Kier alpha value is -1.51. The summed E-state index contributed by atoms with van der Waals surface area (Å²) in [6, 6.07) is 0. The molecule has 1 fully saturated rings. The molecular weight excluding hydrogens is 286 g/mol. The molecule has 0 bridgehead atoms. The van der Waals surface area contributed by atoms with Crippen molar-refractivity contribution < 1.29 is 15.0 Å². The highest BCUT2D eigenvalue weighted by Crippen LogP contribution is 2.26. The molecule has 8 heteroatoms. The Morgan fingerprint density at radius 3 is 2.59 bits per heavy atom. The average molecular weight is 311 g/mol. The Morgan fingerprint density at radius 1 is 1.32 bits per heavy atom. The Kier molecular flexibility index (Phi) is 5.87. The molecule has 2 rings (SSSR count). The fraction of sp³-hybridized carbons (Fsp3) is 0.786. The molecule has 1 aromatic rings. The number of likely N-dealkylation sites (N-methyl/N-ethyl adjacent to an activating group) is 1. The minimum atomic E-state index is -0.421. The summed E-state index contributed by atoms with van der Waals surface area (Å²) in [6.07, 6.45) is 1.67. The monoisotopic (exact) mass is 311 g/mol. The molecule has 0 radical (unpaired) electrons. The maximum Gasteiger partial charge on any atom is 0.248 e. The maximum atomic E-state index is 11.5. The van der Waals surface area contributed by atoms with Crippen molar-refractivity contribution in [2.45, 2.75) is 25.3 Å². The van der Waals surface area contributed by atoms with E-state index in [0.29, 0.717) is 26.2 Å². The zero-order valence-electron chi connectivity index (χ0n) is 13.3. The molecule has 2 N–H and O–H groups in total. The number of piperidine rings is 1. The van der Waals surface area contributed by atoms with Crippen molar-refractivity contribution in [2.75, 3.05) is 39.9 Å². The predicted octanol–water partition coefficient (Wildman–Crippen LogP) is -1.06. The van der Waals surface area contributed by atoms with Gasteiger partial charge < -0.3 is 19.7 Å². The average Bonchev–Trinajstić information content (AvgIpc) is 2.88. The normalized spacial score (nSPS) is 16.5. The van der Waals surface area contributed by atoms with Gasteiger partial charge in [-0.1, -0.05) is 0 Å². The van der Waals surface area contributed by atoms with Crippen LogP contribution in [0, 0.1) is 0 Å². The van der Waals surface area contributed by atoms with Crippen LogP contribution < -0.4 is 0 Å². The van der Waals surface area contributed by atoms with Crippen molar-refractivity contribution in [1.82, 2.24) is 24.6 Å². The summed E-state index contributed by atoms with van der Waals surface area (Å²) in [7, 11) is 3.90. The first-order chi connectivity index (χ1) is 10.6. The Labute approximate surface area is 130 Å². The number of rotatable bonds is 6. The van der Waals surface area contributed by atoms with Crippen LogP contribution in [-0.4, -0.2) is 80.6 Å². The highest BCUT2D eigenvalue weighted by atomic mass is 16.3. The molecule has 22 heavy (non-hydrogen) atoms. The number of aliphatic hydroxyl groups excluding tert-OH is 2. The SMILES string of the molecule is CN(CCO)Cc1nnc(C2CCN(C(=O)CO)CC2)n1C. The van der Waals surface area contributed by atoms with Gasteiger partial charge in [0.15, 0.2) is 0 Å². The van der Waals surface area contributed by atoms with E-state index >= 15 is 0 Å². The van der Waals surface area contributed by atoms with Crippen molar-refractivity contribution in [3.8, 4) is 0 Å². The molecule has 1 amide bonds. The number of hydrogen-bond acceptors (Lipinski definition) is 6. The molecule has 0 unspecified atom stereocenters. The van der Waals surface area contributed by atoms with E-state index < -0.39 is 6.61 Å². The van der Waals surface area contributed by atoms with E-state index in [1.807, 2.05) is 23.6 Å². The van der Waals surface area contributed by atoms with Gasteiger partial charge in [0.25, 0.3) is 0 Å². The minimum Gasteiger partial charge on any atom is -0.395 e. The largest absolute Gasteiger partial charge is 0.395 e. The molecule has 0 atom stereocenters. The van der Waals surface area contributed by atoms with Crippen LogP contribution in [0.2, 0.25) is 0 Å². The van der Waals surface area contributed by atoms with Gasteiger partial charge in [-0.15, -0.1) is 10.2 Å². The van der Waals surface area contributed by atoms with Crippen molar-refractivity contribution in [2.24, 2.45) is 7.05 Å². The second-order valence-corrected chi connectivity index (χ2v) is 5.81. The Balaban J connectivity index is 1.97. The van der Waals surface area contributed by atoms with Crippen LogP contribution in [0.4, 0.5) is 0 Å². The molecule has 2 heterocycles. The third-order valence-electron chi connectivity index (χ3n) is 4.24. The molecule has 8 nitrogen and oxygen atoms in total. The zero-order chi connectivity index (χ0) is 16.1. The Bertz CT molecular complexity index is 497. The van der Waals surface area contributed by atoms with E-state index in [-0.39, 0.29) is 18.4 Å². The highest BCUT2D eigenvalue weighted by Gasteiger charge is 2.27. The third-order valence-corrected chi connectivity index (χ3v) is 4.24. The van der Waals surface area contributed by atoms with E-state index in [2.05, 4.69) is 10.2 Å². The molecule has 1 aliphatic heterocycles. The van der Waals surface area contributed by atoms with Crippen LogP contribution in [0.15, 0.2) is 0 Å². The highest BCUT2D eigenvalue weighted by molar-refractivity contribution is 5.77. The molecular formula is C14H25N5O3. The lowest BCUT2D eigenvalue weighted by Crippen LogP contribution is -2.39. The third kappa shape index (κ3) is 3.82. The van der Waals surface area contributed by atoms with Gasteiger partial charge >= 0.3 is 0 Å². The Morgan fingerprint density at radius 2 is 2.00 bits per heavy atom. The summed E-state index contributed by atoms with van der Waals surface area (Å²) in [6.45, 7) is 2.25. The number of carbonyl (C=O) groups excluding carboxylic acids is 1. The quantitative estimate of drug-likeness (QED) is 0.695. The van der Waals surface area contributed by atoms with Gasteiger partial charge in [-0.3, -0.25) is 9.69 Å². The summed E-state index contributed by atoms with van der Waals surface area (Å²) in [4.78, 5) is 15.2. The van der Waals surface area contributed by atoms with E-state index in [4.69, 9.17) is 10.2 Å². The zero-order valence-corrected chi connectivity index (χ0v) is 13.3. The fourth-order valence-corrected chi connectivity index (χ4v) is 2.85. The van der Waals surface area contributed by atoms with Crippen molar-refractivity contribution >= 4 is 5.91 Å².